The molecule has 0 radical (unpaired) electrons. The molecule has 3 aromatic rings. The monoisotopic (exact) mass is 515 g/mol. The van der Waals surface area contributed by atoms with Crippen LogP contribution in [0.5, 0.6) is 0 Å². The summed E-state index contributed by atoms with van der Waals surface area (Å²) in [6.45, 7) is 7.28. The topological polar surface area (TPSA) is 82.4 Å². The van der Waals surface area contributed by atoms with E-state index < -0.39 is 0 Å². The first kappa shape index (κ1) is 24.5. The number of aromatic nitrogens is 4. The third kappa shape index (κ3) is 5.05. The minimum absolute atomic E-state index is 0.113. The van der Waals surface area contributed by atoms with Crippen molar-refractivity contribution >= 4 is 40.1 Å². The highest BCUT2D eigenvalue weighted by Gasteiger charge is 2.41. The summed E-state index contributed by atoms with van der Waals surface area (Å²) in [5, 5.41) is 1.50. The van der Waals surface area contributed by atoms with Crippen LogP contribution in [0.2, 0.25) is 5.02 Å². The van der Waals surface area contributed by atoms with Crippen LogP contribution >= 0.6 is 23.4 Å². The van der Waals surface area contributed by atoms with Crippen molar-refractivity contribution in [1.29, 1.82) is 0 Å². The fourth-order valence-electron chi connectivity index (χ4n) is 4.99. The fourth-order valence-corrected chi connectivity index (χ4v) is 6.11. The highest BCUT2D eigenvalue weighted by Crippen LogP contribution is 2.42. The fraction of sp³-hybridized carbons (Fsp3) is 0.520. The lowest BCUT2D eigenvalue weighted by molar-refractivity contribution is 0.0976. The zero-order valence-corrected chi connectivity index (χ0v) is 21.8. The number of nitrogens with zero attached hydrogens (tertiary/aromatic N) is 5. The lowest BCUT2D eigenvalue weighted by atomic mass is 9.77. The molecule has 2 saturated heterocycles. The van der Waals surface area contributed by atoms with Gasteiger partial charge in [-0.1, -0.05) is 23.4 Å². The number of hydrogen-bond acceptors (Lipinski definition) is 8. The van der Waals surface area contributed by atoms with Crippen molar-refractivity contribution in [3.05, 3.63) is 46.2 Å². The van der Waals surface area contributed by atoms with Gasteiger partial charge in [0.15, 0.2) is 0 Å². The quantitative estimate of drug-likeness (QED) is 0.477. The van der Waals surface area contributed by atoms with E-state index in [0.29, 0.717) is 34.0 Å². The molecule has 0 aliphatic carbocycles. The summed E-state index contributed by atoms with van der Waals surface area (Å²) in [7, 11) is 1.62. The van der Waals surface area contributed by atoms with Crippen LogP contribution in [0.3, 0.4) is 0 Å². The van der Waals surface area contributed by atoms with Gasteiger partial charge in [0, 0.05) is 25.1 Å². The average Bonchev–Trinajstić information content (AvgIpc) is 3.23. The first-order chi connectivity index (χ1) is 16.9. The predicted octanol–water partition coefficient (Wildman–Crippen LogP) is 4.42. The van der Waals surface area contributed by atoms with Gasteiger partial charge in [0.05, 0.1) is 60.0 Å². The summed E-state index contributed by atoms with van der Waals surface area (Å²) in [6.07, 6.45) is 8.78. The van der Waals surface area contributed by atoms with E-state index in [9.17, 15) is 4.79 Å². The summed E-state index contributed by atoms with van der Waals surface area (Å²) in [4.78, 5) is 29.8. The normalized spacial score (nSPS) is 20.6. The number of piperidine rings is 1. The summed E-state index contributed by atoms with van der Waals surface area (Å²) in [6, 6.07) is 3.68. The number of anilines is 1. The van der Waals surface area contributed by atoms with Crippen LogP contribution in [0.1, 0.15) is 33.1 Å². The van der Waals surface area contributed by atoms with E-state index in [1.54, 1.807) is 13.3 Å². The molecule has 0 amide bonds. The zero-order valence-electron chi connectivity index (χ0n) is 20.2. The van der Waals surface area contributed by atoms with Crippen LogP contribution in [-0.2, 0) is 16.0 Å². The molecule has 2 atom stereocenters. The summed E-state index contributed by atoms with van der Waals surface area (Å²) in [5.74, 6) is 0.889. The number of benzene rings is 1. The predicted molar refractivity (Wildman–Crippen MR) is 138 cm³/mol. The van der Waals surface area contributed by atoms with Gasteiger partial charge < -0.3 is 14.4 Å². The summed E-state index contributed by atoms with van der Waals surface area (Å²) >= 11 is 8.08. The zero-order chi connectivity index (χ0) is 24.6. The average molecular weight is 516 g/mol. The molecular formula is C25H30ClN5O3S. The lowest BCUT2D eigenvalue weighted by Gasteiger charge is -2.38. The van der Waals surface area contributed by atoms with Gasteiger partial charge in [-0.25, -0.2) is 15.0 Å². The molecule has 0 saturated carbocycles. The molecule has 4 heterocycles. The maximum atomic E-state index is 13.1. The number of rotatable bonds is 6. The first-order valence-electron chi connectivity index (χ1n) is 11.9. The van der Waals surface area contributed by atoms with Crippen molar-refractivity contribution in [3.8, 4) is 0 Å². The summed E-state index contributed by atoms with van der Waals surface area (Å²) in [5.41, 5.74) is 0.718. The Bertz CT molecular complexity index is 1260. The van der Waals surface area contributed by atoms with Crippen LogP contribution in [0.15, 0.2) is 45.6 Å². The highest BCUT2D eigenvalue weighted by molar-refractivity contribution is 7.99. The van der Waals surface area contributed by atoms with Gasteiger partial charge in [-0.15, -0.1) is 0 Å². The molecule has 1 unspecified atom stereocenters. The van der Waals surface area contributed by atoms with Gasteiger partial charge >= 0.3 is 0 Å². The molecular weight excluding hydrogens is 486 g/mol. The van der Waals surface area contributed by atoms with E-state index in [2.05, 4.69) is 26.8 Å². The highest BCUT2D eigenvalue weighted by atomic mass is 35.5. The molecule has 8 nitrogen and oxygen atoms in total. The Morgan fingerprint density at radius 3 is 2.71 bits per heavy atom. The molecule has 0 N–H and O–H groups in total. The number of halogens is 1. The van der Waals surface area contributed by atoms with Crippen molar-refractivity contribution in [2.45, 2.75) is 61.8 Å². The van der Waals surface area contributed by atoms with Crippen molar-refractivity contribution in [2.75, 3.05) is 31.7 Å². The van der Waals surface area contributed by atoms with Gasteiger partial charge in [-0.05, 0) is 50.7 Å². The maximum Gasteiger partial charge on any atom is 0.262 e. The van der Waals surface area contributed by atoms with Crippen molar-refractivity contribution in [1.82, 2.24) is 19.5 Å². The largest absolute Gasteiger partial charge is 0.380 e. The second-order valence-electron chi connectivity index (χ2n) is 9.65. The number of ether oxygens (including phenoxy) is 2. The summed E-state index contributed by atoms with van der Waals surface area (Å²) < 4.78 is 12.7. The first-order valence-corrected chi connectivity index (χ1v) is 13.1. The smallest absolute Gasteiger partial charge is 0.262 e. The van der Waals surface area contributed by atoms with Gasteiger partial charge in [-0.2, -0.15) is 0 Å². The van der Waals surface area contributed by atoms with Gasteiger partial charge in [0.2, 0.25) is 0 Å². The molecule has 1 spiro atoms. The van der Waals surface area contributed by atoms with Crippen LogP contribution in [0.25, 0.3) is 10.9 Å². The Kier molecular flexibility index (Phi) is 7.03. The molecule has 2 fully saturated rings. The Hall–Kier alpha value is -2.20. The molecule has 2 aromatic heterocycles. The molecule has 35 heavy (non-hydrogen) atoms. The van der Waals surface area contributed by atoms with Crippen LogP contribution < -0.4 is 10.5 Å². The molecule has 5 rings (SSSR count). The van der Waals surface area contributed by atoms with E-state index >= 15 is 0 Å². The van der Waals surface area contributed by atoms with E-state index in [1.807, 2.05) is 25.3 Å². The van der Waals surface area contributed by atoms with E-state index in [4.69, 9.17) is 21.1 Å². The molecule has 1 aromatic carbocycles. The number of fused-ring (bicyclic) bond motifs is 1. The molecule has 2 aliphatic rings. The third-order valence-electron chi connectivity index (χ3n) is 7.12. The van der Waals surface area contributed by atoms with E-state index in [-0.39, 0.29) is 11.7 Å². The Balaban J connectivity index is 1.31. The minimum atomic E-state index is -0.183. The number of hydrogen-bond donors (Lipinski definition) is 0. The third-order valence-corrected chi connectivity index (χ3v) is 8.61. The molecule has 0 bridgehead atoms. The van der Waals surface area contributed by atoms with Gasteiger partial charge in [0.25, 0.3) is 5.56 Å². The number of methoxy groups -OCH3 is 1. The van der Waals surface area contributed by atoms with E-state index in [1.165, 1.54) is 22.7 Å². The Morgan fingerprint density at radius 1 is 1.26 bits per heavy atom. The minimum Gasteiger partial charge on any atom is -0.380 e. The van der Waals surface area contributed by atoms with E-state index in [0.717, 1.165) is 54.7 Å². The lowest BCUT2D eigenvalue weighted by Crippen LogP contribution is -2.41. The molecule has 10 heteroatoms. The molecule has 2 aliphatic heterocycles. The van der Waals surface area contributed by atoms with Crippen LogP contribution in [0, 0.1) is 5.41 Å². The maximum absolute atomic E-state index is 13.1. The van der Waals surface area contributed by atoms with Crippen LogP contribution in [0.4, 0.5) is 5.82 Å². The van der Waals surface area contributed by atoms with Gasteiger partial charge in [0.1, 0.15) is 10.8 Å². The second kappa shape index (κ2) is 10.0. The second-order valence-corrected chi connectivity index (χ2v) is 11.1. The van der Waals surface area contributed by atoms with Crippen molar-refractivity contribution in [3.63, 3.8) is 0 Å². The van der Waals surface area contributed by atoms with Crippen LogP contribution in [-0.4, -0.2) is 58.5 Å². The standard InChI is InChI=1S/C25H30ClN5O3S/c1-16-10-25(14-34-16)6-8-30(9-7-25)20-11-28-21(12-27-20)35-19-5-4-18-22(23(19)26)24(32)31(15-29-18)13-17(2)33-3/h4-5,11-12,15-17H,6-10,13-14H2,1-3H3/t16-,17?/m0/s1. The van der Waals surface area contributed by atoms with Crippen molar-refractivity contribution in [2.24, 2.45) is 5.41 Å². The van der Waals surface area contributed by atoms with Gasteiger partial charge in [-0.3, -0.25) is 9.36 Å². The van der Waals surface area contributed by atoms with Crippen molar-refractivity contribution < 1.29 is 9.47 Å². The SMILES string of the molecule is COC(C)Cn1cnc2ccc(Sc3cnc(N4CCC5(CC4)CO[C@@H](C)C5)cn3)c(Cl)c2c1=O. The molecule has 186 valence electrons. The Morgan fingerprint density at radius 2 is 2.06 bits per heavy atom. The Labute approximate surface area is 214 Å².